The smallest absolute Gasteiger partial charge is 0.321 e. The highest BCUT2D eigenvalue weighted by Crippen LogP contribution is 2.32. The van der Waals surface area contributed by atoms with Crippen LogP contribution in [0.1, 0.15) is 29.9 Å². The first kappa shape index (κ1) is 24.9. The molecular formula is C27H27Cl2N3O3. The van der Waals surface area contributed by atoms with Crippen molar-refractivity contribution in [1.82, 2.24) is 4.90 Å². The minimum absolute atomic E-state index is 0.0686. The van der Waals surface area contributed by atoms with Crippen LogP contribution in [0.3, 0.4) is 0 Å². The summed E-state index contributed by atoms with van der Waals surface area (Å²) < 4.78 is 5.15. The first-order valence-corrected chi connectivity index (χ1v) is 12.2. The number of urea groups is 1. The molecule has 2 N–H and O–H groups in total. The molecule has 1 heterocycles. The number of nitrogens with zero attached hydrogens (tertiary/aromatic N) is 1. The highest BCUT2D eigenvalue weighted by Gasteiger charge is 2.24. The van der Waals surface area contributed by atoms with Crippen LogP contribution in [0.2, 0.25) is 10.0 Å². The molecule has 1 fully saturated rings. The summed E-state index contributed by atoms with van der Waals surface area (Å²) in [5.41, 5.74) is 3.33. The number of nitrogens with one attached hydrogen (secondary N) is 2. The molecule has 0 atom stereocenters. The molecule has 0 aromatic heterocycles. The number of ether oxygens (including phenoxy) is 1. The Bertz CT molecular complexity index is 1160. The van der Waals surface area contributed by atoms with Crippen LogP contribution >= 0.6 is 23.2 Å². The number of carbonyl (C=O) groups excluding carboxylic acids is 2. The molecule has 0 radical (unpaired) electrons. The summed E-state index contributed by atoms with van der Waals surface area (Å²) in [4.78, 5) is 26.9. The van der Waals surface area contributed by atoms with Gasteiger partial charge in [-0.15, -0.1) is 0 Å². The third-order valence-corrected chi connectivity index (χ3v) is 6.80. The van der Waals surface area contributed by atoms with Gasteiger partial charge in [0.1, 0.15) is 5.75 Å². The lowest BCUT2D eigenvalue weighted by Crippen LogP contribution is -2.40. The van der Waals surface area contributed by atoms with Crippen LogP contribution in [0.5, 0.6) is 5.75 Å². The van der Waals surface area contributed by atoms with Crippen molar-refractivity contribution in [2.24, 2.45) is 0 Å². The summed E-state index contributed by atoms with van der Waals surface area (Å²) in [7, 11) is 1.62. The number of amides is 3. The van der Waals surface area contributed by atoms with Crippen LogP contribution in [0.15, 0.2) is 66.7 Å². The third kappa shape index (κ3) is 6.47. The van der Waals surface area contributed by atoms with Crippen molar-refractivity contribution in [2.75, 3.05) is 30.8 Å². The first-order valence-electron chi connectivity index (χ1n) is 11.5. The number of piperidine rings is 1. The topological polar surface area (TPSA) is 70.7 Å². The van der Waals surface area contributed by atoms with E-state index in [-0.39, 0.29) is 11.9 Å². The second-order valence-corrected chi connectivity index (χ2v) is 9.30. The molecule has 4 rings (SSSR count). The van der Waals surface area contributed by atoms with Crippen molar-refractivity contribution < 1.29 is 14.3 Å². The average molecular weight is 512 g/mol. The van der Waals surface area contributed by atoms with Crippen LogP contribution in [-0.2, 0) is 11.2 Å². The number of halogens is 2. The number of likely N-dealkylation sites (tertiary alicyclic amines) is 1. The summed E-state index contributed by atoms with van der Waals surface area (Å²) in [5, 5.41) is 6.61. The normalized spacial score (nSPS) is 13.9. The van der Waals surface area contributed by atoms with Crippen molar-refractivity contribution >= 4 is 46.5 Å². The highest BCUT2D eigenvalue weighted by molar-refractivity contribution is 6.39. The van der Waals surface area contributed by atoms with E-state index in [1.54, 1.807) is 30.2 Å². The first-order chi connectivity index (χ1) is 16.9. The van der Waals surface area contributed by atoms with Gasteiger partial charge < -0.3 is 20.3 Å². The molecule has 1 aliphatic heterocycles. The molecule has 3 aromatic rings. The van der Waals surface area contributed by atoms with Crippen LogP contribution < -0.4 is 15.4 Å². The van der Waals surface area contributed by atoms with E-state index in [2.05, 4.69) is 10.6 Å². The Kier molecular flexibility index (Phi) is 8.16. The van der Waals surface area contributed by atoms with Gasteiger partial charge in [0.2, 0.25) is 5.91 Å². The Labute approximate surface area is 215 Å². The molecule has 0 unspecified atom stereocenters. The Morgan fingerprint density at radius 3 is 2.14 bits per heavy atom. The van der Waals surface area contributed by atoms with E-state index in [4.69, 9.17) is 27.9 Å². The van der Waals surface area contributed by atoms with E-state index >= 15 is 0 Å². The van der Waals surface area contributed by atoms with E-state index in [0.29, 0.717) is 41.2 Å². The monoisotopic (exact) mass is 511 g/mol. The predicted molar refractivity (Wildman–Crippen MR) is 141 cm³/mol. The van der Waals surface area contributed by atoms with Gasteiger partial charge in [0.05, 0.1) is 29.3 Å². The maximum atomic E-state index is 12.7. The van der Waals surface area contributed by atoms with Crippen molar-refractivity contribution in [3.63, 3.8) is 0 Å². The Balaban J connectivity index is 1.27. The summed E-state index contributed by atoms with van der Waals surface area (Å²) in [5.74, 6) is 1.05. The molecule has 3 amide bonds. The minimum Gasteiger partial charge on any atom is -0.497 e. The molecule has 0 bridgehead atoms. The maximum Gasteiger partial charge on any atom is 0.321 e. The Hall–Kier alpha value is -3.22. The van der Waals surface area contributed by atoms with E-state index in [9.17, 15) is 9.59 Å². The number of hydrogen-bond acceptors (Lipinski definition) is 3. The molecular weight excluding hydrogens is 485 g/mol. The predicted octanol–water partition coefficient (Wildman–Crippen LogP) is 6.59. The number of para-hydroxylation sites is 1. The Morgan fingerprint density at radius 1 is 0.914 bits per heavy atom. The van der Waals surface area contributed by atoms with Crippen molar-refractivity contribution in [2.45, 2.75) is 25.2 Å². The number of anilines is 2. The molecule has 182 valence electrons. The molecule has 8 heteroatoms. The minimum atomic E-state index is -0.201. The molecule has 0 saturated carbocycles. The van der Waals surface area contributed by atoms with Gasteiger partial charge in [0.25, 0.3) is 0 Å². The van der Waals surface area contributed by atoms with E-state index in [1.165, 1.54) is 5.56 Å². The summed E-state index contributed by atoms with van der Waals surface area (Å²) >= 11 is 12.3. The van der Waals surface area contributed by atoms with E-state index in [1.807, 2.05) is 48.5 Å². The zero-order chi connectivity index (χ0) is 24.8. The van der Waals surface area contributed by atoms with Gasteiger partial charge in [0.15, 0.2) is 0 Å². The zero-order valence-corrected chi connectivity index (χ0v) is 20.9. The number of rotatable bonds is 6. The van der Waals surface area contributed by atoms with E-state index in [0.717, 1.165) is 29.8 Å². The standard InChI is InChI=1S/C27H27Cl2N3O3/c1-35-22-11-5-18(6-12-22)17-25(33)30-21-9-7-19(8-10-21)20-13-15-32(16-14-20)27(34)31-26-23(28)3-2-4-24(26)29/h2-12,20H,13-17H2,1H3,(H,30,33)(H,31,34). The van der Waals surface area contributed by atoms with Crippen molar-refractivity contribution in [3.05, 3.63) is 87.9 Å². The van der Waals surface area contributed by atoms with Crippen LogP contribution in [0.25, 0.3) is 0 Å². The third-order valence-electron chi connectivity index (χ3n) is 6.17. The average Bonchev–Trinajstić information content (AvgIpc) is 2.87. The van der Waals surface area contributed by atoms with Gasteiger partial charge in [0, 0.05) is 18.8 Å². The van der Waals surface area contributed by atoms with Crippen LogP contribution in [-0.4, -0.2) is 37.0 Å². The van der Waals surface area contributed by atoms with Crippen LogP contribution in [0, 0.1) is 0 Å². The largest absolute Gasteiger partial charge is 0.497 e. The molecule has 6 nitrogen and oxygen atoms in total. The fourth-order valence-electron chi connectivity index (χ4n) is 4.19. The second-order valence-electron chi connectivity index (χ2n) is 8.48. The zero-order valence-electron chi connectivity index (χ0n) is 19.4. The molecule has 1 aliphatic rings. The fourth-order valence-corrected chi connectivity index (χ4v) is 4.68. The van der Waals surface area contributed by atoms with Crippen molar-refractivity contribution in [3.8, 4) is 5.75 Å². The lowest BCUT2D eigenvalue weighted by molar-refractivity contribution is -0.115. The quantitative estimate of drug-likeness (QED) is 0.391. The van der Waals surface area contributed by atoms with Crippen LogP contribution in [0.4, 0.5) is 16.2 Å². The number of methoxy groups -OCH3 is 1. The van der Waals surface area contributed by atoms with Gasteiger partial charge in [-0.2, -0.15) is 0 Å². The van der Waals surface area contributed by atoms with Gasteiger partial charge in [-0.25, -0.2) is 4.79 Å². The van der Waals surface area contributed by atoms with E-state index < -0.39 is 0 Å². The number of carbonyl (C=O) groups is 2. The maximum absolute atomic E-state index is 12.7. The second kappa shape index (κ2) is 11.5. The van der Waals surface area contributed by atoms with Gasteiger partial charge in [-0.05, 0) is 66.3 Å². The molecule has 1 saturated heterocycles. The lowest BCUT2D eigenvalue weighted by Gasteiger charge is -2.32. The van der Waals surface area contributed by atoms with Gasteiger partial charge >= 0.3 is 6.03 Å². The highest BCUT2D eigenvalue weighted by atomic mass is 35.5. The molecule has 35 heavy (non-hydrogen) atoms. The SMILES string of the molecule is COc1ccc(CC(=O)Nc2ccc(C3CCN(C(=O)Nc4c(Cl)cccc4Cl)CC3)cc2)cc1. The van der Waals surface area contributed by atoms with Crippen molar-refractivity contribution in [1.29, 1.82) is 0 Å². The fraction of sp³-hybridized carbons (Fsp3) is 0.259. The lowest BCUT2D eigenvalue weighted by atomic mass is 9.89. The molecule has 3 aromatic carbocycles. The number of hydrogen-bond donors (Lipinski definition) is 2. The summed E-state index contributed by atoms with van der Waals surface area (Å²) in [6, 6.07) is 20.3. The summed E-state index contributed by atoms with van der Waals surface area (Å²) in [6.45, 7) is 1.28. The van der Waals surface area contributed by atoms with Gasteiger partial charge in [-0.3, -0.25) is 4.79 Å². The van der Waals surface area contributed by atoms with Gasteiger partial charge in [-0.1, -0.05) is 53.5 Å². The molecule has 0 spiro atoms. The Morgan fingerprint density at radius 2 is 1.54 bits per heavy atom. The number of benzene rings is 3. The molecule has 0 aliphatic carbocycles. The summed E-state index contributed by atoms with van der Waals surface area (Å²) in [6.07, 6.45) is 2.01.